The van der Waals surface area contributed by atoms with Crippen molar-refractivity contribution in [1.82, 2.24) is 5.32 Å². The van der Waals surface area contributed by atoms with Gasteiger partial charge in [0.2, 0.25) is 5.91 Å². The monoisotopic (exact) mass is 342 g/mol. The van der Waals surface area contributed by atoms with E-state index in [9.17, 15) is 9.59 Å². The molecule has 0 unspecified atom stereocenters. The summed E-state index contributed by atoms with van der Waals surface area (Å²) in [5.41, 5.74) is 0.360. The van der Waals surface area contributed by atoms with E-state index in [0.717, 1.165) is 9.26 Å². The fourth-order valence-corrected chi connectivity index (χ4v) is 2.81. The molecule has 3 aliphatic rings. The third kappa shape index (κ3) is 1.72. The molecule has 17 heavy (non-hydrogen) atoms. The molecule has 2 amide bonds. The van der Waals surface area contributed by atoms with Gasteiger partial charge in [0.05, 0.1) is 0 Å². The van der Waals surface area contributed by atoms with E-state index in [1.807, 2.05) is 24.3 Å². The molecule has 3 fully saturated rings. The maximum Gasteiger partial charge on any atom is 0.252 e. The Labute approximate surface area is 112 Å². The molecule has 5 heteroatoms. The molecule has 0 aromatic heterocycles. The van der Waals surface area contributed by atoms with Crippen molar-refractivity contribution >= 4 is 40.1 Å². The van der Waals surface area contributed by atoms with Crippen molar-refractivity contribution in [2.45, 2.75) is 18.4 Å². The minimum atomic E-state index is -0.564. The summed E-state index contributed by atoms with van der Waals surface area (Å²) in [5, 5.41) is 5.66. The van der Waals surface area contributed by atoms with E-state index in [4.69, 9.17) is 0 Å². The molecule has 88 valence electrons. The summed E-state index contributed by atoms with van der Waals surface area (Å²) in [5.74, 6) is -0.311. The first-order valence-corrected chi connectivity index (χ1v) is 6.56. The summed E-state index contributed by atoms with van der Waals surface area (Å²) >= 11 is 2.24. The van der Waals surface area contributed by atoms with Gasteiger partial charge in [0, 0.05) is 15.2 Å². The normalized spacial score (nSPS) is 30.5. The Bertz CT molecular complexity index is 492. The molecule has 1 aromatic rings. The highest BCUT2D eigenvalue weighted by atomic mass is 127. The summed E-state index contributed by atoms with van der Waals surface area (Å²) in [7, 11) is 0. The number of piperidine rings is 2. The van der Waals surface area contributed by atoms with Crippen LogP contribution in [-0.2, 0) is 9.59 Å². The molecule has 1 saturated carbocycles. The summed E-state index contributed by atoms with van der Waals surface area (Å²) in [4.78, 5) is 23.2. The van der Waals surface area contributed by atoms with Crippen LogP contribution in [0.5, 0.6) is 0 Å². The van der Waals surface area contributed by atoms with E-state index in [2.05, 4.69) is 33.2 Å². The smallest absolute Gasteiger partial charge is 0.252 e. The number of hydrogen-bond donors (Lipinski definition) is 2. The molecule has 2 bridgehead atoms. The van der Waals surface area contributed by atoms with Gasteiger partial charge in [0.25, 0.3) is 5.91 Å². The van der Waals surface area contributed by atoms with Gasteiger partial charge in [-0.3, -0.25) is 14.9 Å². The zero-order valence-corrected chi connectivity index (χ0v) is 11.2. The van der Waals surface area contributed by atoms with Crippen molar-refractivity contribution in [3.63, 3.8) is 0 Å². The minimum Gasteiger partial charge on any atom is -0.371 e. The molecule has 4 rings (SSSR count). The summed E-state index contributed by atoms with van der Waals surface area (Å²) in [6, 6.07) is 7.88. The number of carbonyl (C=O) groups excluding carboxylic acids is 2. The van der Waals surface area contributed by atoms with Crippen molar-refractivity contribution in [2.75, 3.05) is 5.32 Å². The van der Waals surface area contributed by atoms with Gasteiger partial charge in [-0.2, -0.15) is 0 Å². The van der Waals surface area contributed by atoms with Gasteiger partial charge < -0.3 is 5.32 Å². The Morgan fingerprint density at radius 2 is 1.88 bits per heavy atom. The van der Waals surface area contributed by atoms with E-state index in [0.29, 0.717) is 12.8 Å². The number of anilines is 1. The van der Waals surface area contributed by atoms with E-state index in [1.54, 1.807) is 0 Å². The van der Waals surface area contributed by atoms with Crippen LogP contribution in [-0.4, -0.2) is 17.4 Å². The Kier molecular flexibility index (Phi) is 2.39. The molecular formula is C12H11IN2O2. The Morgan fingerprint density at radius 3 is 2.47 bits per heavy atom. The second-order valence-corrected chi connectivity index (χ2v) is 5.88. The zero-order chi connectivity index (χ0) is 12.0. The number of rotatable bonds is 2. The van der Waals surface area contributed by atoms with Gasteiger partial charge in [-0.05, 0) is 59.7 Å². The number of benzene rings is 1. The third-order valence-electron chi connectivity index (χ3n) is 3.46. The van der Waals surface area contributed by atoms with Crippen LogP contribution in [0, 0.1) is 9.49 Å². The van der Waals surface area contributed by atoms with Gasteiger partial charge in [-0.25, -0.2) is 0 Å². The van der Waals surface area contributed by atoms with E-state index >= 15 is 0 Å². The fourth-order valence-electron chi connectivity index (χ4n) is 2.45. The molecule has 4 nitrogen and oxygen atoms in total. The lowest BCUT2D eigenvalue weighted by Gasteiger charge is -2.50. The molecule has 2 aliphatic heterocycles. The summed E-state index contributed by atoms with van der Waals surface area (Å²) in [6.07, 6.45) is 1.23. The van der Waals surface area contributed by atoms with Gasteiger partial charge in [0.15, 0.2) is 0 Å². The highest BCUT2D eigenvalue weighted by Crippen LogP contribution is 2.43. The SMILES string of the molecule is O=C1NC(=O)C2(Nc3ccc(I)cc3)CC1C2. The van der Waals surface area contributed by atoms with Crippen LogP contribution in [0.25, 0.3) is 0 Å². The number of hydrogen-bond acceptors (Lipinski definition) is 3. The number of imide groups is 1. The van der Waals surface area contributed by atoms with Crippen LogP contribution in [0.4, 0.5) is 5.69 Å². The maximum atomic E-state index is 11.8. The topological polar surface area (TPSA) is 58.2 Å². The van der Waals surface area contributed by atoms with Gasteiger partial charge in [0.1, 0.15) is 5.54 Å². The molecule has 1 aromatic carbocycles. The zero-order valence-electron chi connectivity index (χ0n) is 9.00. The second kappa shape index (κ2) is 3.69. The number of nitrogens with one attached hydrogen (secondary N) is 2. The fraction of sp³-hybridized carbons (Fsp3) is 0.333. The van der Waals surface area contributed by atoms with E-state index in [1.165, 1.54) is 0 Å². The van der Waals surface area contributed by atoms with Gasteiger partial charge in [-0.15, -0.1) is 0 Å². The predicted octanol–water partition coefficient (Wildman–Crippen LogP) is 1.51. The van der Waals surface area contributed by atoms with Crippen LogP contribution in [0.2, 0.25) is 0 Å². The van der Waals surface area contributed by atoms with Crippen LogP contribution in [0.3, 0.4) is 0 Å². The first-order chi connectivity index (χ1) is 8.09. The van der Waals surface area contributed by atoms with Crippen LogP contribution in [0.15, 0.2) is 24.3 Å². The van der Waals surface area contributed by atoms with E-state index in [-0.39, 0.29) is 17.7 Å². The maximum absolute atomic E-state index is 11.8. The molecule has 0 atom stereocenters. The lowest BCUT2D eigenvalue weighted by molar-refractivity contribution is -0.148. The summed E-state index contributed by atoms with van der Waals surface area (Å²) in [6.45, 7) is 0. The van der Waals surface area contributed by atoms with Crippen LogP contribution >= 0.6 is 22.6 Å². The number of fused-ring (bicyclic) bond motifs is 2. The first kappa shape index (κ1) is 11.0. The Hall–Kier alpha value is -1.11. The standard InChI is InChI=1S/C12H11IN2O2/c13-8-1-3-9(4-2-8)15-12-5-7(6-12)10(16)14-11(12)17/h1-4,7,15H,5-6H2,(H,14,16,17). The highest BCUT2D eigenvalue weighted by molar-refractivity contribution is 14.1. The largest absolute Gasteiger partial charge is 0.371 e. The molecule has 0 spiro atoms. The molecular weight excluding hydrogens is 331 g/mol. The average molecular weight is 342 g/mol. The predicted molar refractivity (Wildman–Crippen MR) is 71.4 cm³/mol. The first-order valence-electron chi connectivity index (χ1n) is 5.48. The van der Waals surface area contributed by atoms with Crippen molar-refractivity contribution in [1.29, 1.82) is 0 Å². The molecule has 0 radical (unpaired) electrons. The highest BCUT2D eigenvalue weighted by Gasteiger charge is 2.57. The van der Waals surface area contributed by atoms with Crippen LogP contribution < -0.4 is 10.6 Å². The van der Waals surface area contributed by atoms with Gasteiger partial charge in [-0.1, -0.05) is 0 Å². The Balaban J connectivity index is 1.80. The lowest BCUT2D eigenvalue weighted by Crippen LogP contribution is -2.69. The summed E-state index contributed by atoms with van der Waals surface area (Å²) < 4.78 is 1.15. The Morgan fingerprint density at radius 1 is 1.24 bits per heavy atom. The quantitative estimate of drug-likeness (QED) is 0.633. The van der Waals surface area contributed by atoms with Crippen molar-refractivity contribution in [3.8, 4) is 0 Å². The molecule has 1 aliphatic carbocycles. The lowest BCUT2D eigenvalue weighted by atomic mass is 9.64. The van der Waals surface area contributed by atoms with Gasteiger partial charge >= 0.3 is 0 Å². The number of carbonyl (C=O) groups is 2. The minimum absolute atomic E-state index is 0.00375. The molecule has 2 N–H and O–H groups in total. The second-order valence-electron chi connectivity index (χ2n) is 4.64. The van der Waals surface area contributed by atoms with Crippen molar-refractivity contribution in [2.24, 2.45) is 5.92 Å². The van der Waals surface area contributed by atoms with Crippen molar-refractivity contribution in [3.05, 3.63) is 27.8 Å². The number of amides is 2. The third-order valence-corrected chi connectivity index (χ3v) is 4.18. The van der Waals surface area contributed by atoms with E-state index < -0.39 is 5.54 Å². The number of halogens is 1. The average Bonchev–Trinajstić information content (AvgIpc) is 2.23. The van der Waals surface area contributed by atoms with Crippen molar-refractivity contribution < 1.29 is 9.59 Å². The molecule has 2 heterocycles. The molecule has 2 saturated heterocycles. The van der Waals surface area contributed by atoms with Crippen LogP contribution in [0.1, 0.15) is 12.8 Å².